The average molecular weight is 332 g/mol. The predicted octanol–water partition coefficient (Wildman–Crippen LogP) is 5.02. The quantitative estimate of drug-likeness (QED) is 0.662. The lowest BCUT2D eigenvalue weighted by Gasteiger charge is -2.36. The highest BCUT2D eigenvalue weighted by Crippen LogP contribution is 2.29. The van der Waals surface area contributed by atoms with Crippen LogP contribution in [0.25, 0.3) is 0 Å². The fraction of sp³-hybridized carbons (Fsp3) is 0.733. The summed E-state index contributed by atoms with van der Waals surface area (Å²) in [6.45, 7) is 13.8. The largest absolute Gasteiger partial charge is 0.296 e. The van der Waals surface area contributed by atoms with Gasteiger partial charge in [-0.1, -0.05) is 42.8 Å². The van der Waals surface area contributed by atoms with Crippen molar-refractivity contribution in [2.75, 3.05) is 11.9 Å². The van der Waals surface area contributed by atoms with Gasteiger partial charge in [0.1, 0.15) is 0 Å². The molecule has 0 amide bonds. The van der Waals surface area contributed by atoms with Gasteiger partial charge in [-0.3, -0.25) is 4.90 Å². The number of halogens is 1. The first kappa shape index (κ1) is 16.2. The van der Waals surface area contributed by atoms with Crippen molar-refractivity contribution in [1.82, 2.24) is 4.90 Å². The summed E-state index contributed by atoms with van der Waals surface area (Å²) in [5.74, 6) is 0.680. The van der Waals surface area contributed by atoms with E-state index >= 15 is 0 Å². The zero-order valence-corrected chi connectivity index (χ0v) is 14.6. The maximum Gasteiger partial charge on any atom is 0.0330 e. The third-order valence-electron chi connectivity index (χ3n) is 3.54. The van der Waals surface area contributed by atoms with Crippen LogP contribution in [0.1, 0.15) is 39.5 Å². The second-order valence-electron chi connectivity index (χ2n) is 6.32. The maximum absolute atomic E-state index is 3.68. The number of alkyl halides is 1. The van der Waals surface area contributed by atoms with Gasteiger partial charge in [-0.05, 0) is 36.6 Å². The number of hydrogen-bond donors (Lipinski definition) is 0. The molecule has 0 aromatic carbocycles. The van der Waals surface area contributed by atoms with Gasteiger partial charge in [0.25, 0.3) is 0 Å². The second kappa shape index (κ2) is 7.06. The summed E-state index contributed by atoms with van der Waals surface area (Å²) < 4.78 is 0. The van der Waals surface area contributed by atoms with Gasteiger partial charge in [-0.15, -0.1) is 11.3 Å². The lowest BCUT2D eigenvalue weighted by Crippen LogP contribution is -2.39. The Hall–Kier alpha value is 0.140. The van der Waals surface area contributed by atoms with E-state index in [1.54, 1.807) is 0 Å². The number of hydrogen-bond acceptors (Lipinski definition) is 2. The monoisotopic (exact) mass is 331 g/mol. The van der Waals surface area contributed by atoms with Crippen molar-refractivity contribution in [3.63, 3.8) is 0 Å². The predicted molar refractivity (Wildman–Crippen MR) is 86.6 cm³/mol. The summed E-state index contributed by atoms with van der Waals surface area (Å²) in [6, 6.07) is 4.97. The highest BCUT2D eigenvalue weighted by atomic mass is 79.9. The van der Waals surface area contributed by atoms with Gasteiger partial charge in [-0.25, -0.2) is 0 Å². The molecule has 0 bridgehead atoms. The normalized spacial score (nSPS) is 14.4. The molecule has 0 N–H and O–H groups in total. The lowest BCUT2D eigenvalue weighted by atomic mass is 9.81. The van der Waals surface area contributed by atoms with Crippen molar-refractivity contribution in [3.8, 4) is 0 Å². The van der Waals surface area contributed by atoms with Gasteiger partial charge in [0.2, 0.25) is 0 Å². The molecule has 0 saturated carbocycles. The zero-order valence-electron chi connectivity index (χ0n) is 12.2. The van der Waals surface area contributed by atoms with E-state index in [0.717, 1.165) is 18.4 Å². The summed E-state index contributed by atoms with van der Waals surface area (Å²) in [7, 11) is 0. The molecule has 1 rings (SSSR count). The van der Waals surface area contributed by atoms with Gasteiger partial charge in [-0.2, -0.15) is 0 Å². The molecular formula is C15H26BrNS. The summed E-state index contributed by atoms with van der Waals surface area (Å²) in [4.78, 5) is 4.05. The average Bonchev–Trinajstić information content (AvgIpc) is 2.74. The van der Waals surface area contributed by atoms with Gasteiger partial charge >= 0.3 is 0 Å². The van der Waals surface area contributed by atoms with E-state index < -0.39 is 0 Å². The Morgan fingerprint density at radius 2 is 2.00 bits per heavy atom. The molecule has 18 heavy (non-hydrogen) atoms. The minimum atomic E-state index is 0.353. The van der Waals surface area contributed by atoms with Crippen LogP contribution >= 0.6 is 27.3 Å². The van der Waals surface area contributed by atoms with Crippen LogP contribution in [0.5, 0.6) is 0 Å². The number of rotatable bonds is 6. The third kappa shape index (κ3) is 5.02. The molecular weight excluding hydrogens is 306 g/mol. The second-order valence-corrected chi connectivity index (χ2v) is 8.00. The SMILES string of the molecule is CC(C)N(Cc1cccs1)CC(CBr)C(C)(C)C. The van der Waals surface area contributed by atoms with Crippen LogP contribution in [-0.4, -0.2) is 22.8 Å². The molecule has 1 nitrogen and oxygen atoms in total. The van der Waals surface area contributed by atoms with Crippen molar-refractivity contribution in [1.29, 1.82) is 0 Å². The topological polar surface area (TPSA) is 3.24 Å². The van der Waals surface area contributed by atoms with Gasteiger partial charge in [0, 0.05) is 29.3 Å². The van der Waals surface area contributed by atoms with Crippen molar-refractivity contribution in [2.24, 2.45) is 11.3 Å². The molecule has 0 aliphatic rings. The van der Waals surface area contributed by atoms with Gasteiger partial charge < -0.3 is 0 Å². The minimum absolute atomic E-state index is 0.353. The summed E-state index contributed by atoms with van der Waals surface area (Å²) in [5, 5.41) is 3.24. The molecule has 0 spiro atoms. The van der Waals surface area contributed by atoms with Crippen LogP contribution in [0.4, 0.5) is 0 Å². The van der Waals surface area contributed by atoms with Crippen molar-refractivity contribution in [3.05, 3.63) is 22.4 Å². The molecule has 3 heteroatoms. The van der Waals surface area contributed by atoms with Crippen LogP contribution < -0.4 is 0 Å². The minimum Gasteiger partial charge on any atom is -0.296 e. The van der Waals surface area contributed by atoms with Crippen LogP contribution in [-0.2, 0) is 6.54 Å². The summed E-state index contributed by atoms with van der Waals surface area (Å²) in [5.41, 5.74) is 0.353. The van der Waals surface area contributed by atoms with Crippen molar-refractivity contribution >= 4 is 27.3 Å². The fourth-order valence-electron chi connectivity index (χ4n) is 1.90. The van der Waals surface area contributed by atoms with Gasteiger partial charge in [0.15, 0.2) is 0 Å². The molecule has 1 aromatic heterocycles. The molecule has 1 unspecified atom stereocenters. The Kier molecular flexibility index (Phi) is 6.36. The lowest BCUT2D eigenvalue weighted by molar-refractivity contribution is 0.133. The van der Waals surface area contributed by atoms with E-state index in [1.807, 2.05) is 11.3 Å². The molecule has 0 radical (unpaired) electrons. The smallest absolute Gasteiger partial charge is 0.0330 e. The van der Waals surface area contributed by atoms with Crippen LogP contribution in [0.3, 0.4) is 0 Å². The van der Waals surface area contributed by atoms with E-state index in [1.165, 1.54) is 4.88 Å². The fourth-order valence-corrected chi connectivity index (χ4v) is 3.80. The van der Waals surface area contributed by atoms with Gasteiger partial charge in [0.05, 0.1) is 0 Å². The number of thiophene rings is 1. The highest BCUT2D eigenvalue weighted by Gasteiger charge is 2.26. The molecule has 0 saturated heterocycles. The van der Waals surface area contributed by atoms with E-state index in [-0.39, 0.29) is 0 Å². The summed E-state index contributed by atoms with van der Waals surface area (Å²) >= 11 is 5.54. The van der Waals surface area contributed by atoms with Crippen molar-refractivity contribution < 1.29 is 0 Å². The first-order valence-electron chi connectivity index (χ1n) is 6.67. The molecule has 0 aliphatic carbocycles. The van der Waals surface area contributed by atoms with Crippen LogP contribution in [0.15, 0.2) is 17.5 Å². The van der Waals surface area contributed by atoms with Crippen LogP contribution in [0.2, 0.25) is 0 Å². The maximum atomic E-state index is 3.68. The Balaban J connectivity index is 2.68. The van der Waals surface area contributed by atoms with E-state index in [2.05, 4.69) is 73.0 Å². The molecule has 1 heterocycles. The third-order valence-corrected chi connectivity index (χ3v) is 5.18. The molecule has 104 valence electrons. The molecule has 0 fully saturated rings. The summed E-state index contributed by atoms with van der Waals surface area (Å²) in [6.07, 6.45) is 0. The molecule has 1 aromatic rings. The highest BCUT2D eigenvalue weighted by molar-refractivity contribution is 9.09. The first-order chi connectivity index (χ1) is 8.34. The molecule has 0 aliphatic heterocycles. The van der Waals surface area contributed by atoms with Crippen molar-refractivity contribution in [2.45, 2.75) is 47.2 Å². The van der Waals surface area contributed by atoms with E-state index in [4.69, 9.17) is 0 Å². The molecule has 1 atom stereocenters. The Bertz CT molecular complexity index is 327. The Labute approximate surface area is 125 Å². The van der Waals surface area contributed by atoms with E-state index in [9.17, 15) is 0 Å². The zero-order chi connectivity index (χ0) is 13.8. The standard InChI is InChI=1S/C15H26BrNS/c1-12(2)17(11-14-7-6-8-18-14)10-13(9-16)15(3,4)5/h6-8,12-13H,9-11H2,1-5H3. The first-order valence-corrected chi connectivity index (χ1v) is 8.67. The Morgan fingerprint density at radius 3 is 2.39 bits per heavy atom. The number of nitrogens with zero attached hydrogens (tertiary/aromatic N) is 1. The Morgan fingerprint density at radius 1 is 1.33 bits per heavy atom. The van der Waals surface area contributed by atoms with Crippen LogP contribution in [0, 0.1) is 11.3 Å². The van der Waals surface area contributed by atoms with E-state index in [0.29, 0.717) is 17.4 Å².